The van der Waals surface area contributed by atoms with Gasteiger partial charge in [-0.05, 0) is 39.1 Å². The minimum Gasteiger partial charge on any atom is -0.493 e. The smallest absolute Gasteiger partial charge is 0.493 e. The lowest BCUT2D eigenvalue weighted by atomic mass is 10.2. The normalized spacial score (nSPS) is 12.5. The van der Waals surface area contributed by atoms with E-state index in [9.17, 15) is 17.6 Å². The number of halogens is 1. The molecular formula is C17H21FN2O6S2. The molecule has 0 aliphatic rings. The van der Waals surface area contributed by atoms with E-state index in [2.05, 4.69) is 14.4 Å². The highest BCUT2D eigenvalue weighted by atomic mass is 32.2. The van der Waals surface area contributed by atoms with Crippen LogP contribution in [0, 0.1) is 6.92 Å². The summed E-state index contributed by atoms with van der Waals surface area (Å²) in [5.74, 6) is 0.603. The first kappa shape index (κ1) is 22.1. The average molecular weight is 432 g/mol. The van der Waals surface area contributed by atoms with Gasteiger partial charge in [-0.3, -0.25) is 0 Å². The van der Waals surface area contributed by atoms with Crippen molar-refractivity contribution in [1.82, 2.24) is 9.71 Å². The van der Waals surface area contributed by atoms with Gasteiger partial charge in [0.05, 0.1) is 18.6 Å². The van der Waals surface area contributed by atoms with Gasteiger partial charge in [0.15, 0.2) is 11.5 Å². The largest absolute Gasteiger partial charge is 0.496 e. The predicted octanol–water partition coefficient (Wildman–Crippen LogP) is 3.22. The summed E-state index contributed by atoms with van der Waals surface area (Å²) in [7, 11) is -0.581. The topological polar surface area (TPSA) is 104 Å². The Morgan fingerprint density at radius 2 is 2.07 bits per heavy atom. The summed E-state index contributed by atoms with van der Waals surface area (Å²) in [5, 5.41) is 0.615. The van der Waals surface area contributed by atoms with Crippen LogP contribution >= 0.6 is 11.3 Å². The first-order valence-corrected chi connectivity index (χ1v) is 10.7. The van der Waals surface area contributed by atoms with Crippen molar-refractivity contribution in [3.63, 3.8) is 0 Å². The van der Waals surface area contributed by atoms with E-state index in [1.165, 1.54) is 32.4 Å². The molecule has 154 valence electrons. The lowest BCUT2D eigenvalue weighted by molar-refractivity contribution is 0.0822. The zero-order valence-corrected chi connectivity index (χ0v) is 17.4. The molecule has 0 amide bonds. The Morgan fingerprint density at radius 1 is 1.36 bits per heavy atom. The fraction of sp³-hybridized carbons (Fsp3) is 0.412. The molecule has 2 rings (SSSR count). The molecule has 0 unspecified atom stereocenters. The summed E-state index contributed by atoms with van der Waals surface area (Å²) in [6.45, 7) is 3.27. The molecule has 0 spiro atoms. The molecule has 0 saturated heterocycles. The summed E-state index contributed by atoms with van der Waals surface area (Å²) in [6, 6.07) is 5.13. The van der Waals surface area contributed by atoms with Crippen molar-refractivity contribution in [2.45, 2.75) is 20.0 Å². The third kappa shape index (κ3) is 5.63. The number of carbonyl (C=O) groups is 1. The van der Waals surface area contributed by atoms with Gasteiger partial charge in [-0.15, -0.1) is 15.7 Å². The van der Waals surface area contributed by atoms with Gasteiger partial charge < -0.3 is 14.2 Å². The molecule has 2 aromatic rings. The van der Waals surface area contributed by atoms with E-state index < -0.39 is 22.4 Å². The number of hydrogen-bond acceptors (Lipinski definition) is 8. The lowest BCUT2D eigenvalue weighted by Crippen LogP contribution is -2.25. The van der Waals surface area contributed by atoms with Gasteiger partial charge in [-0.2, -0.15) is 0 Å². The number of ether oxygens (including phenoxy) is 3. The van der Waals surface area contributed by atoms with Crippen molar-refractivity contribution < 1.29 is 31.8 Å². The summed E-state index contributed by atoms with van der Waals surface area (Å²) in [5.41, 5.74) is 1.16. The summed E-state index contributed by atoms with van der Waals surface area (Å²) in [4.78, 5) is 15.7. The number of sulfonamides is 1. The van der Waals surface area contributed by atoms with E-state index in [0.717, 1.165) is 4.88 Å². The van der Waals surface area contributed by atoms with Crippen LogP contribution in [-0.4, -0.2) is 46.1 Å². The molecule has 1 atom stereocenters. The molecule has 1 aromatic heterocycles. The van der Waals surface area contributed by atoms with E-state index in [-0.39, 0.29) is 12.4 Å². The van der Waals surface area contributed by atoms with Crippen LogP contribution < -0.4 is 14.2 Å². The van der Waals surface area contributed by atoms with Gasteiger partial charge in [0.1, 0.15) is 17.7 Å². The highest BCUT2D eigenvalue weighted by molar-refractivity contribution is 7.89. The van der Waals surface area contributed by atoms with Gasteiger partial charge in [-0.1, -0.05) is 0 Å². The predicted molar refractivity (Wildman–Crippen MR) is 103 cm³/mol. The number of carbonyl (C=O) groups excluding carboxylic acids is 1. The monoisotopic (exact) mass is 432 g/mol. The van der Waals surface area contributed by atoms with Crippen molar-refractivity contribution in [2.24, 2.45) is 0 Å². The van der Waals surface area contributed by atoms with Gasteiger partial charge >= 0.3 is 6.22 Å². The summed E-state index contributed by atoms with van der Waals surface area (Å²) >= 11 is 1.35. The Kier molecular flexibility index (Phi) is 7.33. The molecule has 28 heavy (non-hydrogen) atoms. The number of methoxy groups -OCH3 is 1. The van der Waals surface area contributed by atoms with Crippen LogP contribution in [0.2, 0.25) is 0 Å². The third-order valence-corrected chi connectivity index (χ3v) is 6.18. The molecule has 0 aliphatic heterocycles. The van der Waals surface area contributed by atoms with Crippen LogP contribution in [0.25, 0.3) is 10.6 Å². The van der Waals surface area contributed by atoms with Crippen molar-refractivity contribution >= 4 is 27.6 Å². The molecule has 11 heteroatoms. The zero-order chi connectivity index (χ0) is 20.9. The Hall–Kier alpha value is -2.24. The van der Waals surface area contributed by atoms with Crippen LogP contribution in [-0.2, 0) is 14.8 Å². The molecule has 1 aromatic carbocycles. The molecular weight excluding hydrogens is 411 g/mol. The first-order chi connectivity index (χ1) is 13.2. The van der Waals surface area contributed by atoms with Crippen molar-refractivity contribution in [3.05, 3.63) is 28.8 Å². The van der Waals surface area contributed by atoms with Crippen LogP contribution in [0.15, 0.2) is 18.2 Å². The Bertz CT molecular complexity index is 945. The Morgan fingerprint density at radius 3 is 2.68 bits per heavy atom. The summed E-state index contributed by atoms with van der Waals surface area (Å²) < 4.78 is 53.1. The fourth-order valence-electron chi connectivity index (χ4n) is 2.39. The molecule has 0 bridgehead atoms. The molecule has 1 heterocycles. The maximum absolute atomic E-state index is 12.5. The molecule has 0 fully saturated rings. The Balaban J connectivity index is 2.26. The molecule has 0 aliphatic carbocycles. The molecule has 0 radical (unpaired) electrons. The molecule has 8 nitrogen and oxygen atoms in total. The highest BCUT2D eigenvalue weighted by Crippen LogP contribution is 2.36. The van der Waals surface area contributed by atoms with Gasteiger partial charge in [-0.25, -0.2) is 22.9 Å². The summed E-state index contributed by atoms with van der Waals surface area (Å²) in [6.07, 6.45) is -2.68. The maximum atomic E-state index is 12.5. The number of thiazole rings is 1. The van der Waals surface area contributed by atoms with Crippen molar-refractivity contribution in [1.29, 1.82) is 0 Å². The number of hydrogen-bond donors (Lipinski definition) is 1. The van der Waals surface area contributed by atoms with E-state index in [1.807, 2.05) is 0 Å². The van der Waals surface area contributed by atoms with E-state index in [4.69, 9.17) is 9.47 Å². The van der Waals surface area contributed by atoms with Gasteiger partial charge in [0.2, 0.25) is 10.0 Å². The standard InChI is InChI=1S/C17H21FN2O6S2/c1-10(26-17(18)21)15-11(2)27-16(20-15)12-5-6-13(24-4)14(9-12)25-7-8-28(22,23)19-3/h5-6,9-10,19H,7-8H2,1-4H3/t10-/m0/s1. The number of benzene rings is 1. The van der Waals surface area contributed by atoms with E-state index >= 15 is 0 Å². The van der Waals surface area contributed by atoms with E-state index in [0.29, 0.717) is 27.8 Å². The zero-order valence-electron chi connectivity index (χ0n) is 15.8. The highest BCUT2D eigenvalue weighted by Gasteiger charge is 2.20. The number of aromatic nitrogens is 1. The van der Waals surface area contributed by atoms with Crippen molar-refractivity contribution in [2.75, 3.05) is 26.5 Å². The fourth-order valence-corrected chi connectivity index (χ4v) is 3.89. The number of nitrogens with zero attached hydrogens (tertiary/aromatic N) is 1. The second-order valence-corrected chi connectivity index (χ2v) is 8.94. The minimum absolute atomic E-state index is 0.0609. The lowest BCUT2D eigenvalue weighted by Gasteiger charge is -2.12. The number of rotatable bonds is 9. The van der Waals surface area contributed by atoms with E-state index in [1.54, 1.807) is 25.1 Å². The molecule has 1 N–H and O–H groups in total. The van der Waals surface area contributed by atoms with Gasteiger partial charge in [0, 0.05) is 10.4 Å². The van der Waals surface area contributed by atoms with Crippen LogP contribution in [0.1, 0.15) is 23.6 Å². The maximum Gasteiger partial charge on any atom is 0.496 e. The van der Waals surface area contributed by atoms with Crippen LogP contribution in [0.3, 0.4) is 0 Å². The third-order valence-electron chi connectivity index (χ3n) is 3.82. The van der Waals surface area contributed by atoms with Crippen LogP contribution in [0.5, 0.6) is 11.5 Å². The van der Waals surface area contributed by atoms with Gasteiger partial charge in [0.25, 0.3) is 0 Å². The second kappa shape index (κ2) is 9.30. The SMILES string of the molecule is CNS(=O)(=O)CCOc1cc(-c2nc([C@H](C)OC(=O)F)c(C)s2)ccc1OC. The van der Waals surface area contributed by atoms with Crippen LogP contribution in [0.4, 0.5) is 9.18 Å². The van der Waals surface area contributed by atoms with Crippen molar-refractivity contribution in [3.8, 4) is 22.1 Å². The second-order valence-electron chi connectivity index (χ2n) is 5.70. The molecule has 0 saturated carbocycles. The number of nitrogens with one attached hydrogen (secondary N) is 1. The minimum atomic E-state index is -3.39. The number of aryl methyl sites for hydroxylation is 1. The average Bonchev–Trinajstić information content (AvgIpc) is 3.03. The quantitative estimate of drug-likeness (QED) is 0.607. The first-order valence-electron chi connectivity index (χ1n) is 8.22. The Labute approximate surface area is 166 Å².